The maximum absolute atomic E-state index is 12.7. The number of hydrogen-bond acceptors (Lipinski definition) is 7. The van der Waals surface area contributed by atoms with Crippen molar-refractivity contribution < 1.29 is 9.59 Å². The predicted octanol–water partition coefficient (Wildman–Crippen LogP) is 1.41. The van der Waals surface area contributed by atoms with E-state index in [2.05, 4.69) is 25.8 Å². The predicted molar refractivity (Wildman–Crippen MR) is 107 cm³/mol. The topological polar surface area (TPSA) is 106 Å². The zero-order chi connectivity index (χ0) is 20.2. The molecule has 2 amide bonds. The van der Waals surface area contributed by atoms with Gasteiger partial charge >= 0.3 is 0 Å². The van der Waals surface area contributed by atoms with Crippen molar-refractivity contribution in [1.82, 2.24) is 35.4 Å². The van der Waals surface area contributed by atoms with Crippen LogP contribution < -0.4 is 5.32 Å². The Kier molecular flexibility index (Phi) is 5.61. The van der Waals surface area contributed by atoms with Gasteiger partial charge in [0.15, 0.2) is 0 Å². The summed E-state index contributed by atoms with van der Waals surface area (Å²) in [7, 11) is 0. The maximum atomic E-state index is 12.7. The summed E-state index contributed by atoms with van der Waals surface area (Å²) >= 11 is 1.62. The van der Waals surface area contributed by atoms with E-state index in [4.69, 9.17) is 0 Å². The number of nitrogens with one attached hydrogen (secondary N) is 1. The number of carbonyl (C=O) groups excluding carboxylic acids is 2. The van der Waals surface area contributed by atoms with Gasteiger partial charge in [-0.05, 0) is 41.3 Å². The van der Waals surface area contributed by atoms with E-state index in [1.165, 1.54) is 11.0 Å². The fraction of sp³-hybridized carbons (Fsp3) is 0.368. The summed E-state index contributed by atoms with van der Waals surface area (Å²) in [6.45, 7) is 3.03. The van der Waals surface area contributed by atoms with Crippen LogP contribution in [0.1, 0.15) is 24.1 Å². The first-order chi connectivity index (χ1) is 14.1. The van der Waals surface area contributed by atoms with Crippen molar-refractivity contribution in [2.75, 3.05) is 6.54 Å². The third-order valence-corrected chi connectivity index (χ3v) is 5.97. The Hall–Kier alpha value is -3.14. The van der Waals surface area contributed by atoms with Gasteiger partial charge in [0, 0.05) is 13.1 Å². The number of benzene rings is 1. The van der Waals surface area contributed by atoms with E-state index < -0.39 is 6.04 Å². The largest absolute Gasteiger partial charge is 0.350 e. The van der Waals surface area contributed by atoms with Crippen LogP contribution in [0.15, 0.2) is 36.1 Å². The summed E-state index contributed by atoms with van der Waals surface area (Å²) in [4.78, 5) is 32.2. The highest BCUT2D eigenvalue weighted by Gasteiger charge is 2.33. The van der Waals surface area contributed by atoms with E-state index in [0.29, 0.717) is 19.5 Å². The van der Waals surface area contributed by atoms with Crippen LogP contribution in [-0.2, 0) is 22.7 Å². The molecule has 0 bridgehead atoms. The van der Waals surface area contributed by atoms with E-state index >= 15 is 0 Å². The van der Waals surface area contributed by atoms with Crippen molar-refractivity contribution in [1.29, 1.82) is 0 Å². The lowest BCUT2D eigenvalue weighted by atomic mass is 10.1. The molecule has 3 heterocycles. The van der Waals surface area contributed by atoms with Gasteiger partial charge in [0.1, 0.15) is 18.9 Å². The number of likely N-dealkylation sites (tertiary alicyclic amines) is 1. The van der Waals surface area contributed by atoms with Crippen LogP contribution in [0.25, 0.3) is 10.4 Å². The standard InChI is InChI=1S/C19H21N7O2S/c1-13-18(29-12-21-13)15-6-4-14(5-7-15)9-20-19(28)16-3-2-8-26(16)17(27)10-25-11-22-23-24-25/h4-7,11-12,16H,2-3,8-10H2,1H3,(H,20,28)/t16-/m0/s1. The molecule has 0 radical (unpaired) electrons. The first kappa shape index (κ1) is 19.2. The summed E-state index contributed by atoms with van der Waals surface area (Å²) in [6.07, 6.45) is 2.86. The van der Waals surface area contributed by atoms with Gasteiger partial charge in [-0.1, -0.05) is 24.3 Å². The number of nitrogens with zero attached hydrogens (tertiary/aromatic N) is 6. The number of rotatable bonds is 6. The van der Waals surface area contributed by atoms with Crippen molar-refractivity contribution in [3.8, 4) is 10.4 Å². The van der Waals surface area contributed by atoms with Crippen LogP contribution in [0, 0.1) is 6.92 Å². The number of tetrazole rings is 1. The third kappa shape index (κ3) is 4.32. The first-order valence-electron chi connectivity index (χ1n) is 9.39. The zero-order valence-corrected chi connectivity index (χ0v) is 16.8. The molecule has 1 aromatic carbocycles. The second kappa shape index (κ2) is 8.48. The lowest BCUT2D eigenvalue weighted by Gasteiger charge is -2.23. The smallest absolute Gasteiger partial charge is 0.245 e. The lowest BCUT2D eigenvalue weighted by Crippen LogP contribution is -2.46. The van der Waals surface area contributed by atoms with Crippen LogP contribution in [0.5, 0.6) is 0 Å². The van der Waals surface area contributed by atoms with Gasteiger partial charge in [0.2, 0.25) is 11.8 Å². The summed E-state index contributed by atoms with van der Waals surface area (Å²) in [5, 5.41) is 13.7. The average molecular weight is 411 g/mol. The van der Waals surface area contributed by atoms with E-state index in [0.717, 1.165) is 28.1 Å². The summed E-state index contributed by atoms with van der Waals surface area (Å²) in [5.74, 6) is -0.283. The van der Waals surface area contributed by atoms with Gasteiger partial charge < -0.3 is 10.2 Å². The SMILES string of the molecule is Cc1ncsc1-c1ccc(CNC(=O)[C@@H]2CCCN2C(=O)Cn2cnnn2)cc1. The Morgan fingerprint density at radius 1 is 1.28 bits per heavy atom. The van der Waals surface area contributed by atoms with Crippen molar-refractivity contribution in [2.24, 2.45) is 0 Å². The molecule has 0 unspecified atom stereocenters. The highest BCUT2D eigenvalue weighted by atomic mass is 32.1. The summed E-state index contributed by atoms with van der Waals surface area (Å²) in [5.41, 5.74) is 4.99. The Morgan fingerprint density at radius 3 is 2.79 bits per heavy atom. The van der Waals surface area contributed by atoms with E-state index in [9.17, 15) is 9.59 Å². The lowest BCUT2D eigenvalue weighted by molar-refractivity contribution is -0.139. The van der Waals surface area contributed by atoms with E-state index in [1.54, 1.807) is 16.2 Å². The molecule has 2 aromatic heterocycles. The van der Waals surface area contributed by atoms with Crippen molar-refractivity contribution >= 4 is 23.2 Å². The van der Waals surface area contributed by atoms with Crippen LogP contribution in [-0.4, -0.2) is 54.5 Å². The summed E-state index contributed by atoms with van der Waals surface area (Å²) in [6, 6.07) is 7.64. The molecule has 3 aromatic rings. The van der Waals surface area contributed by atoms with Crippen molar-refractivity contribution in [2.45, 2.75) is 38.9 Å². The van der Waals surface area contributed by atoms with E-state index in [-0.39, 0.29) is 18.4 Å². The van der Waals surface area contributed by atoms with Crippen molar-refractivity contribution in [3.05, 3.63) is 47.4 Å². The molecule has 29 heavy (non-hydrogen) atoms. The highest BCUT2D eigenvalue weighted by molar-refractivity contribution is 7.13. The molecule has 150 valence electrons. The molecular formula is C19H21N7O2S. The summed E-state index contributed by atoms with van der Waals surface area (Å²) < 4.78 is 1.36. The second-order valence-electron chi connectivity index (χ2n) is 6.93. The van der Waals surface area contributed by atoms with E-state index in [1.807, 2.05) is 36.7 Å². The molecule has 1 saturated heterocycles. The Bertz CT molecular complexity index is 984. The number of hydrogen-bond donors (Lipinski definition) is 1. The number of thiazole rings is 1. The molecule has 1 fully saturated rings. The Balaban J connectivity index is 1.34. The van der Waals surface area contributed by atoms with Gasteiger partial charge in [0.25, 0.3) is 0 Å². The molecule has 1 aliphatic heterocycles. The minimum Gasteiger partial charge on any atom is -0.350 e. The molecule has 1 aliphatic rings. The normalized spacial score (nSPS) is 16.2. The number of carbonyl (C=O) groups is 2. The van der Waals surface area contributed by atoms with Gasteiger partial charge in [0.05, 0.1) is 16.1 Å². The fourth-order valence-electron chi connectivity index (χ4n) is 3.48. The highest BCUT2D eigenvalue weighted by Crippen LogP contribution is 2.27. The molecule has 9 nitrogen and oxygen atoms in total. The molecule has 1 atom stereocenters. The van der Waals surface area contributed by atoms with Crippen LogP contribution in [0.4, 0.5) is 0 Å². The Morgan fingerprint density at radius 2 is 2.10 bits per heavy atom. The molecule has 0 spiro atoms. The first-order valence-corrected chi connectivity index (χ1v) is 10.3. The zero-order valence-electron chi connectivity index (χ0n) is 16.0. The van der Waals surface area contributed by atoms with Gasteiger partial charge in [-0.2, -0.15) is 0 Å². The van der Waals surface area contributed by atoms with Gasteiger partial charge in [-0.15, -0.1) is 16.4 Å². The van der Waals surface area contributed by atoms with Gasteiger partial charge in [-0.3, -0.25) is 9.59 Å². The molecule has 4 rings (SSSR count). The fourth-order valence-corrected chi connectivity index (χ4v) is 4.29. The number of amides is 2. The number of aromatic nitrogens is 5. The minimum atomic E-state index is -0.446. The quantitative estimate of drug-likeness (QED) is 0.657. The second-order valence-corrected chi connectivity index (χ2v) is 7.79. The average Bonchev–Trinajstić information content (AvgIpc) is 3.48. The van der Waals surface area contributed by atoms with Gasteiger partial charge in [-0.25, -0.2) is 9.67 Å². The molecule has 10 heteroatoms. The molecule has 0 saturated carbocycles. The molecule has 0 aliphatic carbocycles. The van der Waals surface area contributed by atoms with Crippen LogP contribution >= 0.6 is 11.3 Å². The third-order valence-electron chi connectivity index (χ3n) is 4.99. The van der Waals surface area contributed by atoms with Crippen molar-refractivity contribution in [3.63, 3.8) is 0 Å². The van der Waals surface area contributed by atoms with Crippen LogP contribution in [0.2, 0.25) is 0 Å². The minimum absolute atomic E-state index is 0.0369. The Labute approximate surface area is 171 Å². The maximum Gasteiger partial charge on any atom is 0.245 e. The van der Waals surface area contributed by atoms with Crippen LogP contribution in [0.3, 0.4) is 0 Å². The molecule has 1 N–H and O–H groups in total. The monoisotopic (exact) mass is 411 g/mol. The number of aryl methyl sites for hydroxylation is 1. The molecular weight excluding hydrogens is 390 g/mol.